The third kappa shape index (κ3) is 11.9. The van der Waals surface area contributed by atoms with E-state index in [9.17, 15) is 19.2 Å². The summed E-state index contributed by atoms with van der Waals surface area (Å²) in [7, 11) is 0. The quantitative estimate of drug-likeness (QED) is 0.433. The largest absolute Gasteiger partial charge is 0.464 e. The minimum Gasteiger partial charge on any atom is -0.464 e. The van der Waals surface area contributed by atoms with Crippen molar-refractivity contribution in [1.82, 2.24) is 16.0 Å². The molecule has 0 aliphatic carbocycles. The zero-order chi connectivity index (χ0) is 25.0. The standard InChI is InChI=1S/C24H37N3O6/c1-7-32-22(30)19(13-16(2)3)27-21(29)18(14-17-11-9-8-10-12-17)26-20(28)15-25-23(31)33-24(4,5)6/h8-12,16,18-19H,7,13-15H2,1-6H3,(H,25,31)(H,26,28)(H,27,29)/t18-,19+/m0/s1. The van der Waals surface area contributed by atoms with Crippen molar-refractivity contribution < 1.29 is 28.7 Å². The molecule has 0 saturated carbocycles. The van der Waals surface area contributed by atoms with Gasteiger partial charge in [-0.25, -0.2) is 9.59 Å². The third-order valence-electron chi connectivity index (χ3n) is 4.32. The van der Waals surface area contributed by atoms with Gasteiger partial charge in [0.2, 0.25) is 11.8 Å². The van der Waals surface area contributed by atoms with Gasteiger partial charge >= 0.3 is 12.1 Å². The van der Waals surface area contributed by atoms with Crippen molar-refractivity contribution in [2.75, 3.05) is 13.2 Å². The number of rotatable bonds is 11. The summed E-state index contributed by atoms with van der Waals surface area (Å²) in [4.78, 5) is 49.7. The molecule has 1 aromatic rings. The summed E-state index contributed by atoms with van der Waals surface area (Å²) in [6.45, 7) is 10.5. The lowest BCUT2D eigenvalue weighted by Gasteiger charge is -2.24. The van der Waals surface area contributed by atoms with E-state index in [0.717, 1.165) is 5.56 Å². The summed E-state index contributed by atoms with van der Waals surface area (Å²) in [6, 6.07) is 7.40. The van der Waals surface area contributed by atoms with E-state index in [4.69, 9.17) is 9.47 Å². The van der Waals surface area contributed by atoms with Crippen molar-refractivity contribution in [3.05, 3.63) is 35.9 Å². The lowest BCUT2D eigenvalue weighted by atomic mass is 10.0. The molecule has 0 aliphatic rings. The van der Waals surface area contributed by atoms with Crippen LogP contribution in [0.15, 0.2) is 30.3 Å². The van der Waals surface area contributed by atoms with Crippen LogP contribution in [-0.2, 0) is 30.3 Å². The van der Waals surface area contributed by atoms with Gasteiger partial charge in [0, 0.05) is 6.42 Å². The molecule has 1 aromatic carbocycles. The number of hydrogen-bond acceptors (Lipinski definition) is 6. The van der Waals surface area contributed by atoms with Crippen molar-refractivity contribution in [3.8, 4) is 0 Å². The van der Waals surface area contributed by atoms with Crippen LogP contribution >= 0.6 is 0 Å². The van der Waals surface area contributed by atoms with Crippen LogP contribution in [0.4, 0.5) is 4.79 Å². The molecule has 9 nitrogen and oxygen atoms in total. The number of esters is 1. The van der Waals surface area contributed by atoms with Crippen molar-refractivity contribution in [2.24, 2.45) is 5.92 Å². The van der Waals surface area contributed by atoms with Gasteiger partial charge in [0.05, 0.1) is 6.61 Å². The van der Waals surface area contributed by atoms with Crippen LogP contribution in [0.2, 0.25) is 0 Å². The number of carbonyl (C=O) groups is 4. The summed E-state index contributed by atoms with van der Waals surface area (Å²) in [5.41, 5.74) is 0.129. The average molecular weight is 464 g/mol. The first-order valence-corrected chi connectivity index (χ1v) is 11.2. The van der Waals surface area contributed by atoms with Crippen LogP contribution in [0.3, 0.4) is 0 Å². The molecule has 0 aliphatic heterocycles. The van der Waals surface area contributed by atoms with Crippen LogP contribution in [0.1, 0.15) is 53.5 Å². The summed E-state index contributed by atoms with van der Waals surface area (Å²) in [6.07, 6.45) is -0.125. The molecule has 2 atom stereocenters. The zero-order valence-electron chi connectivity index (χ0n) is 20.4. The van der Waals surface area contributed by atoms with Crippen LogP contribution in [0.5, 0.6) is 0 Å². The summed E-state index contributed by atoms with van der Waals surface area (Å²) in [5.74, 6) is -1.45. The number of ether oxygens (including phenoxy) is 2. The normalized spacial score (nSPS) is 12.9. The minimum absolute atomic E-state index is 0.139. The molecule has 0 radical (unpaired) electrons. The van der Waals surface area contributed by atoms with Crippen molar-refractivity contribution >= 4 is 23.9 Å². The molecule has 0 aromatic heterocycles. The van der Waals surface area contributed by atoms with E-state index >= 15 is 0 Å². The molecule has 0 unspecified atom stereocenters. The predicted octanol–water partition coefficient (Wildman–Crippen LogP) is 2.33. The molecule has 33 heavy (non-hydrogen) atoms. The van der Waals surface area contributed by atoms with Crippen LogP contribution in [0.25, 0.3) is 0 Å². The monoisotopic (exact) mass is 463 g/mol. The first-order valence-electron chi connectivity index (χ1n) is 11.2. The summed E-state index contributed by atoms with van der Waals surface area (Å²) in [5, 5.41) is 7.72. The molecule has 0 spiro atoms. The van der Waals surface area contributed by atoms with Gasteiger partial charge < -0.3 is 25.4 Å². The maximum atomic E-state index is 13.1. The van der Waals surface area contributed by atoms with Crippen LogP contribution < -0.4 is 16.0 Å². The highest BCUT2D eigenvalue weighted by Gasteiger charge is 2.28. The maximum absolute atomic E-state index is 13.1. The van der Waals surface area contributed by atoms with Gasteiger partial charge in [-0.05, 0) is 45.6 Å². The number of carbonyl (C=O) groups excluding carboxylic acids is 4. The Morgan fingerprint density at radius 1 is 0.970 bits per heavy atom. The summed E-state index contributed by atoms with van der Waals surface area (Å²) >= 11 is 0. The van der Waals surface area contributed by atoms with E-state index in [1.165, 1.54) is 0 Å². The molecular weight excluding hydrogens is 426 g/mol. The molecule has 3 N–H and O–H groups in total. The van der Waals surface area contributed by atoms with Gasteiger partial charge in [-0.2, -0.15) is 0 Å². The van der Waals surface area contributed by atoms with Gasteiger partial charge in [-0.1, -0.05) is 44.2 Å². The smallest absolute Gasteiger partial charge is 0.408 e. The molecule has 0 saturated heterocycles. The van der Waals surface area contributed by atoms with Gasteiger partial charge in [-0.3, -0.25) is 9.59 Å². The zero-order valence-corrected chi connectivity index (χ0v) is 20.4. The second-order valence-electron chi connectivity index (χ2n) is 9.11. The maximum Gasteiger partial charge on any atom is 0.408 e. The van der Waals surface area contributed by atoms with Gasteiger partial charge in [0.1, 0.15) is 24.2 Å². The van der Waals surface area contributed by atoms with Crippen molar-refractivity contribution in [1.29, 1.82) is 0 Å². The lowest BCUT2D eigenvalue weighted by molar-refractivity contribution is -0.148. The van der Waals surface area contributed by atoms with E-state index in [1.807, 2.05) is 44.2 Å². The van der Waals surface area contributed by atoms with Gasteiger partial charge in [0.15, 0.2) is 0 Å². The highest BCUT2D eigenvalue weighted by atomic mass is 16.6. The Balaban J connectivity index is 2.89. The fourth-order valence-corrected chi connectivity index (χ4v) is 2.97. The topological polar surface area (TPSA) is 123 Å². The third-order valence-corrected chi connectivity index (χ3v) is 4.32. The van der Waals surface area contributed by atoms with E-state index in [-0.39, 0.29) is 25.5 Å². The van der Waals surface area contributed by atoms with Gasteiger partial charge in [0.25, 0.3) is 0 Å². The second-order valence-corrected chi connectivity index (χ2v) is 9.11. The number of benzene rings is 1. The Bertz CT molecular complexity index is 789. The van der Waals surface area contributed by atoms with E-state index in [0.29, 0.717) is 6.42 Å². The number of amides is 3. The molecule has 0 bridgehead atoms. The number of hydrogen-bond donors (Lipinski definition) is 3. The number of nitrogens with one attached hydrogen (secondary N) is 3. The Labute approximate surface area is 196 Å². The molecule has 0 heterocycles. The first-order chi connectivity index (χ1) is 15.4. The van der Waals surface area contributed by atoms with E-state index < -0.39 is 41.6 Å². The highest BCUT2D eigenvalue weighted by Crippen LogP contribution is 2.09. The van der Waals surface area contributed by atoms with E-state index in [2.05, 4.69) is 16.0 Å². The van der Waals surface area contributed by atoms with Crippen LogP contribution in [-0.4, -0.2) is 54.7 Å². The minimum atomic E-state index is -0.954. The average Bonchev–Trinajstić information content (AvgIpc) is 2.70. The highest BCUT2D eigenvalue weighted by molar-refractivity contribution is 5.92. The van der Waals surface area contributed by atoms with Crippen molar-refractivity contribution in [2.45, 2.75) is 72.1 Å². The lowest BCUT2D eigenvalue weighted by Crippen LogP contribution is -2.54. The summed E-state index contributed by atoms with van der Waals surface area (Å²) < 4.78 is 10.2. The molecule has 184 valence electrons. The Morgan fingerprint density at radius 2 is 1.61 bits per heavy atom. The molecule has 9 heteroatoms. The predicted molar refractivity (Wildman–Crippen MR) is 124 cm³/mol. The molecule has 3 amide bonds. The Hall–Kier alpha value is -3.10. The molecular formula is C24H37N3O6. The fourth-order valence-electron chi connectivity index (χ4n) is 2.97. The Morgan fingerprint density at radius 3 is 2.15 bits per heavy atom. The van der Waals surface area contributed by atoms with Gasteiger partial charge in [-0.15, -0.1) is 0 Å². The fraction of sp³-hybridized carbons (Fsp3) is 0.583. The molecule has 1 rings (SSSR count). The second kappa shape index (κ2) is 13.4. The van der Waals surface area contributed by atoms with Crippen molar-refractivity contribution in [3.63, 3.8) is 0 Å². The Kier molecular flexibility index (Phi) is 11.4. The first kappa shape index (κ1) is 27.9. The SMILES string of the molecule is CCOC(=O)[C@@H](CC(C)C)NC(=O)[C@H](Cc1ccccc1)NC(=O)CNC(=O)OC(C)(C)C. The number of alkyl carbamates (subject to hydrolysis) is 1. The molecule has 0 fully saturated rings. The van der Waals surface area contributed by atoms with E-state index in [1.54, 1.807) is 27.7 Å². The van der Waals surface area contributed by atoms with Crippen LogP contribution in [0, 0.1) is 5.92 Å².